The Balaban J connectivity index is 2.00. The molecule has 0 aliphatic carbocycles. The fraction of sp³-hybridized carbons (Fsp3) is 0.533. The number of aryl methyl sites for hydroxylation is 1. The highest BCUT2D eigenvalue weighted by atomic mass is 16.3. The molecule has 1 aliphatic heterocycles. The lowest BCUT2D eigenvalue weighted by molar-refractivity contribution is 0.0773. The van der Waals surface area contributed by atoms with Gasteiger partial charge in [0.05, 0.1) is 0 Å². The first-order valence-corrected chi connectivity index (χ1v) is 6.71. The predicted octanol–water partition coefficient (Wildman–Crippen LogP) is 1.72. The number of aromatic hydroxyl groups is 1. The second kappa shape index (κ2) is 5.61. The average Bonchev–Trinajstić information content (AvgIpc) is 2.77. The molecule has 1 N–H and O–H groups in total. The fourth-order valence-electron chi connectivity index (χ4n) is 2.61. The van der Waals surface area contributed by atoms with Gasteiger partial charge in [-0.3, -0.25) is 4.79 Å². The number of amides is 1. The molecule has 1 unspecified atom stereocenters. The Labute approximate surface area is 114 Å². The Morgan fingerprint density at radius 2 is 2.26 bits per heavy atom. The summed E-state index contributed by atoms with van der Waals surface area (Å²) in [7, 11) is 3.94. The summed E-state index contributed by atoms with van der Waals surface area (Å²) in [4.78, 5) is 16.3. The van der Waals surface area contributed by atoms with Gasteiger partial charge in [-0.05, 0) is 50.6 Å². The molecule has 1 fully saturated rings. The van der Waals surface area contributed by atoms with Gasteiger partial charge in [0.25, 0.3) is 5.91 Å². The molecular formula is C15H22N2O2. The molecule has 1 aliphatic rings. The van der Waals surface area contributed by atoms with Crippen molar-refractivity contribution in [2.75, 3.05) is 33.7 Å². The molecule has 19 heavy (non-hydrogen) atoms. The van der Waals surface area contributed by atoms with Gasteiger partial charge in [0.15, 0.2) is 0 Å². The van der Waals surface area contributed by atoms with Crippen LogP contribution in [0.4, 0.5) is 0 Å². The molecule has 4 nitrogen and oxygen atoms in total. The molecule has 1 saturated heterocycles. The van der Waals surface area contributed by atoms with E-state index in [1.807, 2.05) is 14.0 Å². The molecule has 1 aromatic carbocycles. The first-order valence-electron chi connectivity index (χ1n) is 6.71. The van der Waals surface area contributed by atoms with Gasteiger partial charge >= 0.3 is 0 Å². The van der Waals surface area contributed by atoms with Crippen LogP contribution >= 0.6 is 0 Å². The highest BCUT2D eigenvalue weighted by Crippen LogP contribution is 2.20. The standard InChI is InChI=1S/C15H22N2O2/c1-11-4-5-13(8-14(11)18)15(19)17(3)10-12-6-7-16(2)9-12/h4-5,8,12,18H,6-7,9-10H2,1-3H3. The lowest BCUT2D eigenvalue weighted by Crippen LogP contribution is -2.32. The second-order valence-corrected chi connectivity index (χ2v) is 5.60. The summed E-state index contributed by atoms with van der Waals surface area (Å²) in [6.07, 6.45) is 1.15. The number of hydrogen-bond acceptors (Lipinski definition) is 3. The topological polar surface area (TPSA) is 43.8 Å². The first-order chi connectivity index (χ1) is 8.97. The van der Waals surface area contributed by atoms with E-state index >= 15 is 0 Å². The van der Waals surface area contributed by atoms with Crippen LogP contribution in [0.15, 0.2) is 18.2 Å². The van der Waals surface area contributed by atoms with Crippen LogP contribution in [-0.4, -0.2) is 54.5 Å². The average molecular weight is 262 g/mol. The van der Waals surface area contributed by atoms with Crippen molar-refractivity contribution in [2.24, 2.45) is 5.92 Å². The van der Waals surface area contributed by atoms with Crippen LogP contribution in [0.3, 0.4) is 0 Å². The summed E-state index contributed by atoms with van der Waals surface area (Å²) in [6.45, 7) is 4.76. The number of carbonyl (C=O) groups excluding carboxylic acids is 1. The van der Waals surface area contributed by atoms with Gasteiger partial charge in [-0.1, -0.05) is 6.07 Å². The van der Waals surface area contributed by atoms with E-state index in [0.717, 1.165) is 31.6 Å². The van der Waals surface area contributed by atoms with E-state index in [1.165, 1.54) is 0 Å². The number of hydrogen-bond donors (Lipinski definition) is 1. The van der Waals surface area contributed by atoms with Crippen molar-refractivity contribution in [3.05, 3.63) is 29.3 Å². The zero-order valence-electron chi connectivity index (χ0n) is 11.9. The highest BCUT2D eigenvalue weighted by Gasteiger charge is 2.23. The van der Waals surface area contributed by atoms with Crippen LogP contribution < -0.4 is 0 Å². The zero-order chi connectivity index (χ0) is 14.0. The van der Waals surface area contributed by atoms with E-state index < -0.39 is 0 Å². The second-order valence-electron chi connectivity index (χ2n) is 5.60. The number of phenolic OH excluding ortho intramolecular Hbond substituents is 1. The molecule has 104 valence electrons. The minimum Gasteiger partial charge on any atom is -0.508 e. The van der Waals surface area contributed by atoms with Crippen molar-refractivity contribution in [2.45, 2.75) is 13.3 Å². The molecule has 1 heterocycles. The van der Waals surface area contributed by atoms with Gasteiger partial charge in [0.1, 0.15) is 5.75 Å². The number of rotatable bonds is 3. The van der Waals surface area contributed by atoms with Gasteiger partial charge in [0, 0.05) is 25.7 Å². The summed E-state index contributed by atoms with van der Waals surface area (Å²) in [6, 6.07) is 5.10. The van der Waals surface area contributed by atoms with Crippen LogP contribution in [0.5, 0.6) is 5.75 Å². The molecule has 1 aromatic rings. The van der Waals surface area contributed by atoms with Gasteiger partial charge in [-0.2, -0.15) is 0 Å². The largest absolute Gasteiger partial charge is 0.508 e. The molecule has 0 aromatic heterocycles. The van der Waals surface area contributed by atoms with Crippen LogP contribution in [0, 0.1) is 12.8 Å². The van der Waals surface area contributed by atoms with Gasteiger partial charge < -0.3 is 14.9 Å². The van der Waals surface area contributed by atoms with E-state index in [4.69, 9.17) is 0 Å². The molecule has 0 radical (unpaired) electrons. The van der Waals surface area contributed by atoms with Crippen molar-refractivity contribution in [1.82, 2.24) is 9.80 Å². The van der Waals surface area contributed by atoms with E-state index in [2.05, 4.69) is 11.9 Å². The van der Waals surface area contributed by atoms with Crippen LogP contribution in [0.25, 0.3) is 0 Å². The van der Waals surface area contributed by atoms with Crippen molar-refractivity contribution in [3.63, 3.8) is 0 Å². The first kappa shape index (κ1) is 13.9. The van der Waals surface area contributed by atoms with Crippen molar-refractivity contribution < 1.29 is 9.90 Å². The quantitative estimate of drug-likeness (QED) is 0.902. The minimum atomic E-state index is -0.0233. The normalized spacial score (nSPS) is 19.6. The Kier molecular flexibility index (Phi) is 4.10. The fourth-order valence-corrected chi connectivity index (χ4v) is 2.61. The maximum Gasteiger partial charge on any atom is 0.253 e. The van der Waals surface area contributed by atoms with Crippen LogP contribution in [0.1, 0.15) is 22.3 Å². The summed E-state index contributed by atoms with van der Waals surface area (Å²) < 4.78 is 0. The lowest BCUT2D eigenvalue weighted by atomic mass is 10.1. The van der Waals surface area contributed by atoms with E-state index in [0.29, 0.717) is 11.5 Å². The molecular weight excluding hydrogens is 240 g/mol. The lowest BCUT2D eigenvalue weighted by Gasteiger charge is -2.21. The Morgan fingerprint density at radius 1 is 1.53 bits per heavy atom. The third-order valence-corrected chi connectivity index (χ3v) is 3.82. The molecule has 2 rings (SSSR count). The van der Waals surface area contributed by atoms with Crippen molar-refractivity contribution >= 4 is 5.91 Å². The third-order valence-electron chi connectivity index (χ3n) is 3.82. The van der Waals surface area contributed by atoms with Gasteiger partial charge in [-0.15, -0.1) is 0 Å². The molecule has 0 bridgehead atoms. The number of nitrogens with zero attached hydrogens (tertiary/aromatic N) is 2. The molecule has 1 amide bonds. The molecule has 0 spiro atoms. The Bertz CT molecular complexity index is 473. The minimum absolute atomic E-state index is 0.0233. The van der Waals surface area contributed by atoms with Gasteiger partial charge in [-0.25, -0.2) is 0 Å². The Hall–Kier alpha value is -1.55. The van der Waals surface area contributed by atoms with E-state index in [9.17, 15) is 9.90 Å². The van der Waals surface area contributed by atoms with Gasteiger partial charge in [0.2, 0.25) is 0 Å². The number of carbonyl (C=O) groups is 1. The summed E-state index contributed by atoms with van der Waals surface area (Å²) in [5.41, 5.74) is 1.34. The Morgan fingerprint density at radius 3 is 2.84 bits per heavy atom. The molecule has 4 heteroatoms. The van der Waals surface area contributed by atoms with E-state index in [1.54, 1.807) is 23.1 Å². The number of phenols is 1. The summed E-state index contributed by atoms with van der Waals surface area (Å²) in [5.74, 6) is 0.711. The van der Waals surface area contributed by atoms with Crippen molar-refractivity contribution in [1.29, 1.82) is 0 Å². The third kappa shape index (κ3) is 3.26. The maximum atomic E-state index is 12.3. The zero-order valence-corrected chi connectivity index (χ0v) is 11.9. The summed E-state index contributed by atoms with van der Waals surface area (Å²) >= 11 is 0. The molecule has 0 saturated carbocycles. The SMILES string of the molecule is Cc1ccc(C(=O)N(C)CC2CCN(C)C2)cc1O. The highest BCUT2D eigenvalue weighted by molar-refractivity contribution is 5.94. The number of benzene rings is 1. The maximum absolute atomic E-state index is 12.3. The van der Waals surface area contributed by atoms with E-state index in [-0.39, 0.29) is 11.7 Å². The number of likely N-dealkylation sites (tertiary alicyclic amines) is 1. The molecule has 1 atom stereocenters. The monoisotopic (exact) mass is 262 g/mol. The predicted molar refractivity (Wildman–Crippen MR) is 75.4 cm³/mol. The summed E-state index contributed by atoms with van der Waals surface area (Å²) in [5, 5.41) is 9.67. The van der Waals surface area contributed by atoms with Crippen molar-refractivity contribution in [3.8, 4) is 5.75 Å². The van der Waals surface area contributed by atoms with Crippen LogP contribution in [-0.2, 0) is 0 Å². The van der Waals surface area contributed by atoms with Crippen LogP contribution in [0.2, 0.25) is 0 Å². The smallest absolute Gasteiger partial charge is 0.253 e.